The summed E-state index contributed by atoms with van der Waals surface area (Å²) in [5.74, 6) is -0.438. The average Bonchev–Trinajstić information content (AvgIpc) is 2.00. The molecule has 0 aromatic heterocycles. The minimum absolute atomic E-state index is 0.228. The molecule has 6 heteroatoms. The topological polar surface area (TPSA) is 60.2 Å². The lowest BCUT2D eigenvalue weighted by atomic mass is 10.1. The highest BCUT2D eigenvalue weighted by Gasteiger charge is 2.29. The van der Waals surface area contributed by atoms with E-state index >= 15 is 0 Å². The Hall–Kier alpha value is -0.870. The van der Waals surface area contributed by atoms with Crippen molar-refractivity contribution >= 4 is 29.0 Å². The second-order valence-corrected chi connectivity index (χ2v) is 2.93. The van der Waals surface area contributed by atoms with Crippen molar-refractivity contribution in [3.63, 3.8) is 0 Å². The number of halogens is 2. The molecule has 0 saturated heterocycles. The number of rotatable bonds is 1. The summed E-state index contributed by atoms with van der Waals surface area (Å²) in [7, 11) is 0. The molecule has 12 heavy (non-hydrogen) atoms. The average molecular weight is 208 g/mol. The van der Waals surface area contributed by atoms with Crippen molar-refractivity contribution in [1.82, 2.24) is 0 Å². The summed E-state index contributed by atoms with van der Waals surface area (Å²) in [6.45, 7) is 0. The Labute approximate surface area is 77.6 Å². The van der Waals surface area contributed by atoms with E-state index in [2.05, 4.69) is 0 Å². The number of hydrogen-bond acceptors (Lipinski definition) is 3. The van der Waals surface area contributed by atoms with Crippen molar-refractivity contribution in [1.29, 1.82) is 0 Å². The van der Waals surface area contributed by atoms with Crippen LogP contribution in [0.15, 0.2) is 22.9 Å². The van der Waals surface area contributed by atoms with Crippen molar-refractivity contribution in [2.45, 2.75) is 5.38 Å². The number of nitrogens with zero attached hydrogens (tertiary/aromatic N) is 1. The van der Waals surface area contributed by atoms with Gasteiger partial charge in [0.25, 0.3) is 5.70 Å². The first-order chi connectivity index (χ1) is 5.54. The van der Waals surface area contributed by atoms with Crippen molar-refractivity contribution in [2.24, 2.45) is 0 Å². The quantitative estimate of drug-likeness (QED) is 0.372. The molecule has 4 nitrogen and oxygen atoms in total. The SMILES string of the molecule is O=C1C=CC([N+](=O)[O-])=C(Cl)C1Cl. The van der Waals surface area contributed by atoms with Crippen LogP contribution in [-0.2, 0) is 4.79 Å². The van der Waals surface area contributed by atoms with Crippen LogP contribution in [0.1, 0.15) is 0 Å². The lowest BCUT2D eigenvalue weighted by Gasteiger charge is -2.07. The van der Waals surface area contributed by atoms with E-state index in [9.17, 15) is 14.9 Å². The van der Waals surface area contributed by atoms with Crippen LogP contribution in [0, 0.1) is 10.1 Å². The highest BCUT2D eigenvalue weighted by Crippen LogP contribution is 2.25. The number of carbonyl (C=O) groups is 1. The van der Waals surface area contributed by atoms with Crippen molar-refractivity contribution in [2.75, 3.05) is 0 Å². The first kappa shape index (κ1) is 9.22. The summed E-state index contributed by atoms with van der Waals surface area (Å²) in [6.07, 6.45) is 2.09. The molecular formula is C6H3Cl2NO3. The fourth-order valence-electron chi connectivity index (χ4n) is 0.728. The molecule has 0 heterocycles. The van der Waals surface area contributed by atoms with Gasteiger partial charge in [-0.2, -0.15) is 0 Å². The van der Waals surface area contributed by atoms with Crippen LogP contribution in [-0.4, -0.2) is 16.1 Å². The van der Waals surface area contributed by atoms with Crippen LogP contribution >= 0.6 is 23.2 Å². The van der Waals surface area contributed by atoms with E-state index in [4.69, 9.17) is 23.2 Å². The molecular weight excluding hydrogens is 205 g/mol. The van der Waals surface area contributed by atoms with Crippen molar-refractivity contribution < 1.29 is 9.72 Å². The van der Waals surface area contributed by atoms with Gasteiger partial charge in [0.15, 0.2) is 5.78 Å². The van der Waals surface area contributed by atoms with Crippen LogP contribution in [0.3, 0.4) is 0 Å². The van der Waals surface area contributed by atoms with Crippen molar-refractivity contribution in [3.8, 4) is 0 Å². The lowest BCUT2D eigenvalue weighted by Crippen LogP contribution is -2.19. The molecule has 0 aromatic carbocycles. The fourth-order valence-corrected chi connectivity index (χ4v) is 1.15. The molecule has 0 spiro atoms. The molecule has 1 aliphatic carbocycles. The Balaban J connectivity index is 3.10. The predicted molar refractivity (Wildman–Crippen MR) is 43.7 cm³/mol. The van der Waals surface area contributed by atoms with Gasteiger partial charge < -0.3 is 0 Å². The number of alkyl halides is 1. The lowest BCUT2D eigenvalue weighted by molar-refractivity contribution is -0.419. The van der Waals surface area contributed by atoms with Crippen LogP contribution in [0.5, 0.6) is 0 Å². The van der Waals surface area contributed by atoms with Crippen molar-refractivity contribution in [3.05, 3.63) is 33.0 Å². The van der Waals surface area contributed by atoms with Gasteiger partial charge in [-0.25, -0.2) is 0 Å². The van der Waals surface area contributed by atoms with E-state index in [1.54, 1.807) is 0 Å². The number of carbonyl (C=O) groups excluding carboxylic acids is 1. The first-order valence-electron chi connectivity index (χ1n) is 2.94. The molecule has 0 fully saturated rings. The van der Waals surface area contributed by atoms with Gasteiger partial charge >= 0.3 is 0 Å². The van der Waals surface area contributed by atoms with Gasteiger partial charge in [-0.3, -0.25) is 14.9 Å². The Kier molecular flexibility index (Phi) is 2.49. The Bertz CT molecular complexity index is 308. The molecule has 1 rings (SSSR count). The molecule has 0 N–H and O–H groups in total. The molecule has 0 aliphatic heterocycles. The minimum atomic E-state index is -1.11. The zero-order valence-electron chi connectivity index (χ0n) is 5.66. The number of allylic oxidation sites excluding steroid dienone is 3. The molecule has 0 aromatic rings. The summed E-state index contributed by atoms with van der Waals surface area (Å²) >= 11 is 10.9. The van der Waals surface area contributed by atoms with E-state index in [1.165, 1.54) is 0 Å². The maximum absolute atomic E-state index is 10.8. The normalized spacial score (nSPS) is 23.2. The molecule has 1 atom stereocenters. The van der Waals surface area contributed by atoms with Crippen LogP contribution in [0.2, 0.25) is 0 Å². The zero-order valence-corrected chi connectivity index (χ0v) is 7.17. The van der Waals surface area contributed by atoms with E-state index in [0.717, 1.165) is 12.2 Å². The molecule has 1 unspecified atom stereocenters. The van der Waals surface area contributed by atoms with E-state index in [-0.39, 0.29) is 10.7 Å². The summed E-state index contributed by atoms with van der Waals surface area (Å²) in [5, 5.41) is 8.92. The molecule has 0 saturated carbocycles. The number of ketones is 1. The summed E-state index contributed by atoms with van der Waals surface area (Å²) in [5.41, 5.74) is -0.323. The van der Waals surface area contributed by atoms with Gasteiger partial charge in [0, 0.05) is 6.08 Å². The number of hydrogen-bond donors (Lipinski definition) is 0. The monoisotopic (exact) mass is 207 g/mol. The van der Waals surface area contributed by atoms with E-state index in [0.29, 0.717) is 0 Å². The fraction of sp³-hybridized carbons (Fsp3) is 0.167. The molecule has 1 aliphatic rings. The highest BCUT2D eigenvalue weighted by atomic mass is 35.5. The largest absolute Gasteiger partial charge is 0.293 e. The maximum Gasteiger partial charge on any atom is 0.285 e. The molecule has 0 bridgehead atoms. The van der Waals surface area contributed by atoms with Gasteiger partial charge in [-0.15, -0.1) is 11.6 Å². The van der Waals surface area contributed by atoms with E-state index in [1.807, 2.05) is 0 Å². The summed E-state index contributed by atoms with van der Waals surface area (Å²) < 4.78 is 0. The van der Waals surface area contributed by atoms with Gasteiger partial charge in [-0.05, 0) is 6.08 Å². The molecule has 64 valence electrons. The second kappa shape index (κ2) is 3.25. The Morgan fingerprint density at radius 2 is 2.08 bits per heavy atom. The highest BCUT2D eigenvalue weighted by molar-refractivity contribution is 6.45. The minimum Gasteiger partial charge on any atom is -0.293 e. The van der Waals surface area contributed by atoms with Crippen LogP contribution in [0.25, 0.3) is 0 Å². The summed E-state index contributed by atoms with van der Waals surface area (Å²) in [4.78, 5) is 20.4. The van der Waals surface area contributed by atoms with Gasteiger partial charge in [-0.1, -0.05) is 11.6 Å². The molecule has 0 radical (unpaired) electrons. The van der Waals surface area contributed by atoms with Gasteiger partial charge in [0.1, 0.15) is 10.4 Å². The van der Waals surface area contributed by atoms with Crippen LogP contribution in [0.4, 0.5) is 0 Å². The third kappa shape index (κ3) is 1.49. The third-order valence-electron chi connectivity index (χ3n) is 1.32. The standard InChI is InChI=1S/C6H3Cl2NO3/c7-5-3(9(11)12)1-2-4(10)6(5)8/h1-2,6H. The van der Waals surface area contributed by atoms with E-state index < -0.39 is 16.1 Å². The molecule has 0 amide bonds. The first-order valence-corrected chi connectivity index (χ1v) is 3.75. The zero-order chi connectivity index (χ0) is 9.30. The maximum atomic E-state index is 10.8. The smallest absolute Gasteiger partial charge is 0.285 e. The summed E-state index contributed by atoms with van der Waals surface area (Å²) in [6, 6.07) is 0. The predicted octanol–water partition coefficient (Wildman–Crippen LogP) is 1.46. The second-order valence-electron chi connectivity index (χ2n) is 2.09. The van der Waals surface area contributed by atoms with Gasteiger partial charge in [0.2, 0.25) is 0 Å². The Morgan fingerprint density at radius 3 is 2.58 bits per heavy atom. The van der Waals surface area contributed by atoms with Gasteiger partial charge in [0.05, 0.1) is 4.92 Å². The Morgan fingerprint density at radius 1 is 1.50 bits per heavy atom. The third-order valence-corrected chi connectivity index (χ3v) is 2.28. The number of nitro groups is 1. The van der Waals surface area contributed by atoms with Crippen LogP contribution < -0.4 is 0 Å².